The molecule has 0 saturated heterocycles. The number of amides is 1. The Morgan fingerprint density at radius 2 is 1.75 bits per heavy atom. The quantitative estimate of drug-likeness (QED) is 0.566. The lowest BCUT2D eigenvalue weighted by molar-refractivity contribution is -0.117. The van der Waals surface area contributed by atoms with E-state index >= 15 is 0 Å². The van der Waals surface area contributed by atoms with Gasteiger partial charge >= 0.3 is 13.1 Å². The van der Waals surface area contributed by atoms with Crippen molar-refractivity contribution in [3.8, 4) is 0 Å². The lowest BCUT2D eigenvalue weighted by atomic mass is 9.79. The monoisotopic (exact) mass is 273 g/mol. The number of nitrogens with one attached hydrogen (secondary N) is 1. The zero-order valence-corrected chi connectivity index (χ0v) is 10.4. The predicted molar refractivity (Wildman–Crippen MR) is 73.6 cm³/mol. The van der Waals surface area contributed by atoms with Gasteiger partial charge in [-0.05, 0) is 23.7 Å². The maximum atomic E-state index is 11.9. The molecule has 0 fully saturated rings. The molecule has 1 amide bonds. The molecule has 0 spiro atoms. The van der Waals surface area contributed by atoms with Gasteiger partial charge in [-0.3, -0.25) is 4.79 Å². The molecule has 6 nitrogen and oxygen atoms in total. The molecule has 4 N–H and O–H groups in total. The van der Waals surface area contributed by atoms with E-state index in [1.807, 2.05) is 0 Å². The van der Waals surface area contributed by atoms with Crippen LogP contribution in [-0.4, -0.2) is 34.1 Å². The standard InChI is InChI=1S/C13H12BNO5/c16-12(8-3-1-2-4-8)15-11-6-9(13(17)18)5-10(7-11)14(19)20/h1-8,19-20H,(H,15,16)(H,17,18). The third-order valence-corrected chi connectivity index (χ3v) is 2.82. The summed E-state index contributed by atoms with van der Waals surface area (Å²) in [5.74, 6) is -1.95. The Labute approximate surface area is 115 Å². The third-order valence-electron chi connectivity index (χ3n) is 2.82. The first kappa shape index (κ1) is 14.0. The van der Waals surface area contributed by atoms with Gasteiger partial charge in [-0.1, -0.05) is 24.3 Å². The van der Waals surface area contributed by atoms with Crippen LogP contribution in [-0.2, 0) is 4.79 Å². The number of hydrogen-bond donors (Lipinski definition) is 4. The van der Waals surface area contributed by atoms with Crippen molar-refractivity contribution in [2.45, 2.75) is 0 Å². The van der Waals surface area contributed by atoms with E-state index in [9.17, 15) is 9.59 Å². The van der Waals surface area contributed by atoms with Gasteiger partial charge in [-0.25, -0.2) is 4.79 Å². The minimum atomic E-state index is -1.81. The van der Waals surface area contributed by atoms with Crippen LogP contribution in [0.2, 0.25) is 0 Å². The van der Waals surface area contributed by atoms with Crippen molar-refractivity contribution in [3.05, 3.63) is 48.1 Å². The number of carboxylic acid groups (broad SMARTS) is 1. The molecule has 7 heteroatoms. The van der Waals surface area contributed by atoms with E-state index in [0.717, 1.165) is 6.07 Å². The minimum absolute atomic E-state index is 0.00212. The number of carboxylic acids is 1. The van der Waals surface area contributed by atoms with Crippen LogP contribution in [0, 0.1) is 5.92 Å². The van der Waals surface area contributed by atoms with Crippen LogP contribution in [0.25, 0.3) is 0 Å². The van der Waals surface area contributed by atoms with Crippen LogP contribution in [0.5, 0.6) is 0 Å². The van der Waals surface area contributed by atoms with Gasteiger partial charge in [0.25, 0.3) is 0 Å². The SMILES string of the molecule is O=C(O)c1cc(NC(=O)C2C=CC=C2)cc(B(O)O)c1. The van der Waals surface area contributed by atoms with Gasteiger partial charge in [-0.15, -0.1) is 0 Å². The predicted octanol–water partition coefficient (Wildman–Crippen LogP) is -0.255. The smallest absolute Gasteiger partial charge is 0.478 e. The highest BCUT2D eigenvalue weighted by atomic mass is 16.4. The topological polar surface area (TPSA) is 107 Å². The lowest BCUT2D eigenvalue weighted by Gasteiger charge is -2.11. The lowest BCUT2D eigenvalue weighted by Crippen LogP contribution is -2.31. The first-order valence-corrected chi connectivity index (χ1v) is 5.87. The van der Waals surface area contributed by atoms with Crippen LogP contribution in [0.4, 0.5) is 5.69 Å². The minimum Gasteiger partial charge on any atom is -0.478 e. The van der Waals surface area contributed by atoms with Gasteiger partial charge in [-0.2, -0.15) is 0 Å². The number of carbonyl (C=O) groups excluding carboxylic acids is 1. The summed E-state index contributed by atoms with van der Waals surface area (Å²) in [6.45, 7) is 0. The number of hydrogen-bond acceptors (Lipinski definition) is 4. The summed E-state index contributed by atoms with van der Waals surface area (Å²) in [6, 6.07) is 3.71. The molecular formula is C13H12BNO5. The van der Waals surface area contributed by atoms with Crippen LogP contribution in [0.3, 0.4) is 0 Å². The Morgan fingerprint density at radius 3 is 2.30 bits per heavy atom. The largest absolute Gasteiger partial charge is 0.488 e. The summed E-state index contributed by atoms with van der Waals surface area (Å²) in [7, 11) is -1.81. The van der Waals surface area contributed by atoms with E-state index in [2.05, 4.69) is 5.32 Å². The van der Waals surface area contributed by atoms with E-state index in [1.165, 1.54) is 12.1 Å². The van der Waals surface area contributed by atoms with Crippen LogP contribution >= 0.6 is 0 Å². The van der Waals surface area contributed by atoms with Crippen molar-refractivity contribution >= 4 is 30.1 Å². The maximum Gasteiger partial charge on any atom is 0.488 e. The fraction of sp³-hybridized carbons (Fsp3) is 0.0769. The highest BCUT2D eigenvalue weighted by Crippen LogP contribution is 2.14. The number of rotatable bonds is 4. The van der Waals surface area contributed by atoms with E-state index in [0.29, 0.717) is 0 Å². The Kier molecular flexibility index (Phi) is 4.02. The molecule has 0 unspecified atom stereocenters. The van der Waals surface area contributed by atoms with Crippen molar-refractivity contribution in [1.82, 2.24) is 0 Å². The summed E-state index contributed by atoms with van der Waals surface area (Å²) in [5.41, 5.74) is 0.0628. The fourth-order valence-electron chi connectivity index (χ4n) is 1.83. The number of aromatic carboxylic acids is 1. The van der Waals surface area contributed by atoms with Gasteiger partial charge < -0.3 is 20.5 Å². The average molecular weight is 273 g/mol. The fourth-order valence-corrected chi connectivity index (χ4v) is 1.83. The Bertz CT molecular complexity index is 597. The number of anilines is 1. The zero-order chi connectivity index (χ0) is 14.7. The van der Waals surface area contributed by atoms with E-state index in [4.69, 9.17) is 15.2 Å². The second-order valence-corrected chi connectivity index (χ2v) is 4.31. The molecular weight excluding hydrogens is 261 g/mol. The summed E-state index contributed by atoms with van der Waals surface area (Å²) >= 11 is 0. The van der Waals surface area contributed by atoms with Crippen molar-refractivity contribution in [3.63, 3.8) is 0 Å². The van der Waals surface area contributed by atoms with E-state index in [-0.39, 0.29) is 22.6 Å². The second kappa shape index (κ2) is 5.73. The molecule has 1 aromatic rings. The molecule has 0 radical (unpaired) electrons. The van der Waals surface area contributed by atoms with Crippen LogP contribution in [0.15, 0.2) is 42.5 Å². The highest BCUT2D eigenvalue weighted by Gasteiger charge is 2.18. The first-order chi connectivity index (χ1) is 9.47. The third kappa shape index (κ3) is 3.14. The molecule has 0 heterocycles. The highest BCUT2D eigenvalue weighted by molar-refractivity contribution is 6.58. The van der Waals surface area contributed by atoms with Gasteiger partial charge in [0.15, 0.2) is 0 Å². The average Bonchev–Trinajstić information content (AvgIpc) is 2.92. The van der Waals surface area contributed by atoms with Crippen molar-refractivity contribution in [1.29, 1.82) is 0 Å². The summed E-state index contributed by atoms with van der Waals surface area (Å²) in [6.07, 6.45) is 6.86. The Morgan fingerprint density at radius 1 is 1.10 bits per heavy atom. The molecule has 102 valence electrons. The van der Waals surface area contributed by atoms with Crippen molar-refractivity contribution in [2.24, 2.45) is 5.92 Å². The van der Waals surface area contributed by atoms with Gasteiger partial charge in [0, 0.05) is 5.69 Å². The summed E-state index contributed by atoms with van der Waals surface area (Å²) < 4.78 is 0. The maximum absolute atomic E-state index is 11.9. The van der Waals surface area contributed by atoms with Gasteiger partial charge in [0.05, 0.1) is 11.5 Å². The van der Waals surface area contributed by atoms with Crippen molar-refractivity contribution < 1.29 is 24.7 Å². The molecule has 0 aliphatic heterocycles. The number of allylic oxidation sites excluding steroid dienone is 2. The summed E-state index contributed by atoms with van der Waals surface area (Å²) in [4.78, 5) is 22.9. The molecule has 0 saturated carbocycles. The molecule has 1 aliphatic rings. The first-order valence-electron chi connectivity index (χ1n) is 5.87. The molecule has 0 atom stereocenters. The molecule has 0 aromatic heterocycles. The van der Waals surface area contributed by atoms with Crippen molar-refractivity contribution in [2.75, 3.05) is 5.32 Å². The normalized spacial score (nSPS) is 13.5. The molecule has 20 heavy (non-hydrogen) atoms. The van der Waals surface area contributed by atoms with E-state index < -0.39 is 19.0 Å². The van der Waals surface area contributed by atoms with E-state index in [1.54, 1.807) is 24.3 Å². The molecule has 1 aliphatic carbocycles. The molecule has 2 rings (SSSR count). The van der Waals surface area contributed by atoms with Crippen LogP contribution in [0.1, 0.15) is 10.4 Å². The number of benzene rings is 1. The number of carbonyl (C=O) groups is 2. The zero-order valence-electron chi connectivity index (χ0n) is 10.4. The van der Waals surface area contributed by atoms with Gasteiger partial charge in [0.2, 0.25) is 5.91 Å². The van der Waals surface area contributed by atoms with Crippen LogP contribution < -0.4 is 10.8 Å². The Hall–Kier alpha value is -2.38. The Balaban J connectivity index is 2.26. The molecule has 0 bridgehead atoms. The second-order valence-electron chi connectivity index (χ2n) is 4.31. The van der Waals surface area contributed by atoms with Gasteiger partial charge in [0.1, 0.15) is 0 Å². The molecule has 1 aromatic carbocycles. The summed E-state index contributed by atoms with van der Waals surface area (Å²) in [5, 5.41) is 29.8.